The molecule has 0 radical (unpaired) electrons. The van der Waals surface area contributed by atoms with E-state index in [4.69, 9.17) is 9.47 Å². The molecule has 1 aliphatic carbocycles. The molecule has 0 unspecified atom stereocenters. The van der Waals surface area contributed by atoms with E-state index in [0.29, 0.717) is 25.3 Å². The smallest absolute Gasteiger partial charge is 0.310 e. The molecule has 1 spiro atoms. The van der Waals surface area contributed by atoms with Crippen molar-refractivity contribution in [2.24, 2.45) is 5.92 Å². The number of likely N-dealkylation sites (tertiary alicyclic amines) is 1. The predicted octanol–water partition coefficient (Wildman–Crippen LogP) is 3.30. The first-order valence-corrected chi connectivity index (χ1v) is 12.0. The summed E-state index contributed by atoms with van der Waals surface area (Å²) in [5, 5.41) is 0. The Morgan fingerprint density at radius 1 is 1.12 bits per heavy atom. The molecule has 7 heteroatoms. The van der Waals surface area contributed by atoms with Crippen LogP contribution in [0.25, 0.3) is 0 Å². The van der Waals surface area contributed by atoms with E-state index in [0.717, 1.165) is 50.5 Å². The van der Waals surface area contributed by atoms with Crippen LogP contribution in [-0.4, -0.2) is 65.7 Å². The van der Waals surface area contributed by atoms with Gasteiger partial charge in [0.1, 0.15) is 11.8 Å². The van der Waals surface area contributed by atoms with Crippen molar-refractivity contribution in [3.05, 3.63) is 35.4 Å². The molecule has 0 N–H and O–H groups in total. The van der Waals surface area contributed by atoms with E-state index >= 15 is 0 Å². The molecule has 7 nitrogen and oxygen atoms in total. The normalized spacial score (nSPS) is 25.1. The third-order valence-electron chi connectivity index (χ3n) is 7.13. The molecule has 0 bridgehead atoms. The molecule has 2 aliphatic heterocycles. The van der Waals surface area contributed by atoms with E-state index in [1.165, 1.54) is 0 Å². The molecule has 2 saturated heterocycles. The Balaban J connectivity index is 1.60. The lowest BCUT2D eigenvalue weighted by molar-refractivity contribution is -0.152. The largest absolute Gasteiger partial charge is 0.466 e. The van der Waals surface area contributed by atoms with Crippen molar-refractivity contribution < 1.29 is 23.9 Å². The Hall–Kier alpha value is -2.41. The van der Waals surface area contributed by atoms with Crippen molar-refractivity contribution in [1.29, 1.82) is 0 Å². The molecule has 174 valence electrons. The van der Waals surface area contributed by atoms with Crippen LogP contribution in [0, 0.1) is 12.8 Å². The zero-order valence-electron chi connectivity index (χ0n) is 19.2. The lowest BCUT2D eigenvalue weighted by Gasteiger charge is -2.42. The van der Waals surface area contributed by atoms with Crippen molar-refractivity contribution in [3.8, 4) is 0 Å². The third-order valence-corrected chi connectivity index (χ3v) is 7.13. The highest BCUT2D eigenvalue weighted by atomic mass is 16.5. The average molecular weight is 443 g/mol. The van der Waals surface area contributed by atoms with E-state index in [-0.39, 0.29) is 30.3 Å². The number of aryl methyl sites for hydroxylation is 1. The summed E-state index contributed by atoms with van der Waals surface area (Å²) in [6.45, 7) is 5.18. The SMILES string of the molecule is CCOC(=O)[C@@H]1CCCN(C(=O)[C@@H]2COC3(CCCCC3)N2C(=O)c2ccccc2C)C1. The maximum Gasteiger partial charge on any atom is 0.310 e. The standard InChI is InChI=1S/C25H34N2O5/c1-3-31-24(30)19-11-9-15-26(16-19)23(29)21-17-32-25(13-7-4-8-14-25)27(21)22(28)20-12-6-5-10-18(20)2/h5-6,10,12,19,21H,3-4,7-9,11,13-17H2,1-2H3/t19-,21+/m1/s1. The summed E-state index contributed by atoms with van der Waals surface area (Å²) in [6.07, 6.45) is 6.04. The van der Waals surface area contributed by atoms with E-state index in [1.54, 1.807) is 16.7 Å². The number of carbonyl (C=O) groups is 3. The molecule has 2 amide bonds. The van der Waals surface area contributed by atoms with Crippen LogP contribution < -0.4 is 0 Å². The third kappa shape index (κ3) is 4.27. The lowest BCUT2D eigenvalue weighted by atomic mass is 9.89. The van der Waals surface area contributed by atoms with Crippen LogP contribution in [0.2, 0.25) is 0 Å². The van der Waals surface area contributed by atoms with Gasteiger partial charge >= 0.3 is 5.97 Å². The van der Waals surface area contributed by atoms with Crippen molar-refractivity contribution in [3.63, 3.8) is 0 Å². The van der Waals surface area contributed by atoms with Crippen LogP contribution in [0.1, 0.15) is 67.8 Å². The van der Waals surface area contributed by atoms with Gasteiger partial charge in [-0.3, -0.25) is 19.3 Å². The molecule has 1 saturated carbocycles. The minimum absolute atomic E-state index is 0.122. The number of rotatable bonds is 4. The van der Waals surface area contributed by atoms with Gasteiger partial charge in [0.2, 0.25) is 5.91 Å². The van der Waals surface area contributed by atoms with Crippen LogP contribution in [0.4, 0.5) is 0 Å². The lowest BCUT2D eigenvalue weighted by Crippen LogP contribution is -2.58. The molecule has 4 rings (SSSR count). The Bertz CT molecular complexity index is 864. The van der Waals surface area contributed by atoms with E-state index in [9.17, 15) is 14.4 Å². The van der Waals surface area contributed by atoms with E-state index in [1.807, 2.05) is 31.2 Å². The first kappa shape index (κ1) is 22.8. The number of esters is 1. The van der Waals surface area contributed by atoms with Crippen LogP contribution in [-0.2, 0) is 19.1 Å². The molecule has 3 fully saturated rings. The monoisotopic (exact) mass is 442 g/mol. The summed E-state index contributed by atoms with van der Waals surface area (Å²) in [4.78, 5) is 43.2. The van der Waals surface area contributed by atoms with Gasteiger partial charge in [-0.15, -0.1) is 0 Å². The van der Waals surface area contributed by atoms with Gasteiger partial charge in [0.05, 0.1) is 19.1 Å². The second kappa shape index (κ2) is 9.61. The highest BCUT2D eigenvalue weighted by Crippen LogP contribution is 2.42. The second-order valence-electron chi connectivity index (χ2n) is 9.20. The molecule has 32 heavy (non-hydrogen) atoms. The van der Waals surface area contributed by atoms with Crippen molar-refractivity contribution in [2.45, 2.75) is 70.6 Å². The molecule has 2 atom stereocenters. The van der Waals surface area contributed by atoms with Gasteiger partial charge in [-0.05, 0) is 64.0 Å². The first-order chi connectivity index (χ1) is 15.5. The zero-order valence-corrected chi connectivity index (χ0v) is 19.2. The van der Waals surface area contributed by atoms with Gasteiger partial charge in [-0.1, -0.05) is 24.6 Å². The van der Waals surface area contributed by atoms with Gasteiger partial charge in [0.15, 0.2) is 0 Å². The summed E-state index contributed by atoms with van der Waals surface area (Å²) in [7, 11) is 0. The Morgan fingerprint density at radius 3 is 2.59 bits per heavy atom. The Kier molecular flexibility index (Phi) is 6.84. The molecular weight excluding hydrogens is 408 g/mol. The number of carbonyl (C=O) groups excluding carboxylic acids is 3. The molecule has 3 aliphatic rings. The molecule has 2 heterocycles. The maximum atomic E-state index is 13.8. The van der Waals surface area contributed by atoms with E-state index in [2.05, 4.69) is 0 Å². The van der Waals surface area contributed by atoms with Crippen molar-refractivity contribution >= 4 is 17.8 Å². The quantitative estimate of drug-likeness (QED) is 0.669. The number of hydrogen-bond donors (Lipinski definition) is 0. The summed E-state index contributed by atoms with van der Waals surface area (Å²) >= 11 is 0. The topological polar surface area (TPSA) is 76.2 Å². The fraction of sp³-hybridized carbons (Fsp3) is 0.640. The minimum atomic E-state index is -0.714. The van der Waals surface area contributed by atoms with Gasteiger partial charge in [0, 0.05) is 18.7 Å². The van der Waals surface area contributed by atoms with E-state index < -0.39 is 11.8 Å². The predicted molar refractivity (Wildman–Crippen MR) is 119 cm³/mol. The molecule has 1 aromatic rings. The highest BCUT2D eigenvalue weighted by molar-refractivity contribution is 5.99. The summed E-state index contributed by atoms with van der Waals surface area (Å²) in [5.41, 5.74) is 0.791. The molecular formula is C25H34N2O5. The highest BCUT2D eigenvalue weighted by Gasteiger charge is 2.54. The minimum Gasteiger partial charge on any atom is -0.466 e. The maximum absolute atomic E-state index is 13.8. The Morgan fingerprint density at radius 2 is 1.88 bits per heavy atom. The van der Waals surface area contributed by atoms with Crippen molar-refractivity contribution in [1.82, 2.24) is 9.80 Å². The number of hydrogen-bond acceptors (Lipinski definition) is 5. The van der Waals surface area contributed by atoms with Crippen LogP contribution >= 0.6 is 0 Å². The number of amides is 2. The van der Waals surface area contributed by atoms with Crippen molar-refractivity contribution in [2.75, 3.05) is 26.3 Å². The fourth-order valence-electron chi connectivity index (χ4n) is 5.44. The van der Waals surface area contributed by atoms with Crippen LogP contribution in [0.3, 0.4) is 0 Å². The van der Waals surface area contributed by atoms with Gasteiger partial charge < -0.3 is 14.4 Å². The number of benzene rings is 1. The first-order valence-electron chi connectivity index (χ1n) is 12.0. The fourth-order valence-corrected chi connectivity index (χ4v) is 5.44. The van der Waals surface area contributed by atoms with Gasteiger partial charge in [-0.25, -0.2) is 0 Å². The Labute approximate surface area is 190 Å². The second-order valence-corrected chi connectivity index (χ2v) is 9.20. The molecule has 0 aromatic heterocycles. The molecule has 1 aromatic carbocycles. The number of piperidine rings is 1. The van der Waals surface area contributed by atoms with Gasteiger partial charge in [0.25, 0.3) is 5.91 Å². The zero-order chi connectivity index (χ0) is 22.7. The van der Waals surface area contributed by atoms with Gasteiger partial charge in [-0.2, -0.15) is 0 Å². The summed E-state index contributed by atoms with van der Waals surface area (Å²) in [6, 6.07) is 6.85. The summed E-state index contributed by atoms with van der Waals surface area (Å²) < 4.78 is 11.5. The average Bonchev–Trinajstić information content (AvgIpc) is 3.17. The number of nitrogens with zero attached hydrogens (tertiary/aromatic N) is 2. The summed E-state index contributed by atoms with van der Waals surface area (Å²) in [5.74, 6) is -0.813. The van der Waals surface area contributed by atoms with Crippen LogP contribution in [0.15, 0.2) is 24.3 Å². The number of ether oxygens (including phenoxy) is 2. The van der Waals surface area contributed by atoms with Crippen LogP contribution in [0.5, 0.6) is 0 Å².